The van der Waals surface area contributed by atoms with E-state index in [4.69, 9.17) is 67.9 Å². The number of hydrogen-bond acceptors (Lipinski definition) is 14. The van der Waals surface area contributed by atoms with Crippen molar-refractivity contribution in [1.29, 1.82) is 0 Å². The van der Waals surface area contributed by atoms with Gasteiger partial charge in [0.1, 0.15) is 51.5 Å². The molecule has 0 radical (unpaired) electrons. The molecule has 3 aromatic heterocycles. The lowest BCUT2D eigenvalue weighted by Crippen LogP contribution is -2.08. The first-order chi connectivity index (χ1) is 71.3. The summed E-state index contributed by atoms with van der Waals surface area (Å²) >= 11 is 0. The summed E-state index contributed by atoms with van der Waals surface area (Å²) in [5.74, 6) is 11.4. The van der Waals surface area contributed by atoms with Gasteiger partial charge in [-0.2, -0.15) is 0 Å². The van der Waals surface area contributed by atoms with E-state index in [1.807, 2.05) is 30.3 Å². The number of rotatable bonds is 24. The predicted molar refractivity (Wildman–Crippen MR) is 574 cm³/mol. The zero-order valence-electron chi connectivity index (χ0n) is 83.0. The Labute approximate surface area is 845 Å². The lowest BCUT2D eigenvalue weighted by molar-refractivity contribution is 0.237. The summed E-state index contributed by atoms with van der Waals surface area (Å²) in [6.07, 6.45) is 47.5. The first kappa shape index (κ1) is 91.6. The highest BCUT2D eigenvalue weighted by Gasteiger charge is 2.38. The maximum absolute atomic E-state index is 8.02. The number of aromatic nitrogens is 8. The average Bonchev–Trinajstić information content (AvgIpc) is 1.56. The molecule has 144 heavy (non-hydrogen) atoms. The summed E-state index contributed by atoms with van der Waals surface area (Å²) in [5, 5.41) is 2.40. The monoisotopic (exact) mass is 1910 g/mol. The molecule has 8 aliphatic carbocycles. The predicted octanol–water partition coefficient (Wildman–Crippen LogP) is 37.1. The zero-order chi connectivity index (χ0) is 95.6. The van der Waals surface area contributed by atoms with Crippen LogP contribution in [0.4, 0.5) is 0 Å². The van der Waals surface area contributed by atoms with Crippen molar-refractivity contribution in [2.45, 2.75) is 304 Å². The maximum Gasteiger partial charge on any atom is 0.217 e. The number of hydrogen-bond donors (Lipinski definition) is 1. The van der Waals surface area contributed by atoms with Crippen molar-refractivity contribution < 1.29 is 38.0 Å². The average molecular weight is 1910 g/mol. The molecule has 0 saturated heterocycles. The van der Waals surface area contributed by atoms with Crippen LogP contribution in [-0.2, 0) is 0 Å². The number of fused-ring (bicyclic) bond motifs is 20. The largest absolute Gasteiger partial charge is 0.453 e. The van der Waals surface area contributed by atoms with E-state index in [1.54, 1.807) is 4.73 Å². The van der Waals surface area contributed by atoms with Gasteiger partial charge in [0, 0.05) is 27.5 Å². The van der Waals surface area contributed by atoms with E-state index >= 15 is 0 Å². The van der Waals surface area contributed by atoms with Crippen LogP contribution in [0.25, 0.3) is 89.7 Å². The van der Waals surface area contributed by atoms with Gasteiger partial charge < -0.3 is 43.0 Å². The molecular formula is C128H130N8O8. The Hall–Kier alpha value is -13.6. The van der Waals surface area contributed by atoms with E-state index in [-0.39, 0.29) is 40.3 Å². The van der Waals surface area contributed by atoms with E-state index in [0.717, 1.165) is 125 Å². The second-order valence-electron chi connectivity index (χ2n) is 42.9. The number of nitrogens with one attached hydrogen (secondary N) is 1. The van der Waals surface area contributed by atoms with Crippen molar-refractivity contribution in [3.8, 4) is 132 Å². The Morgan fingerprint density at radius 3 is 0.764 bits per heavy atom. The molecule has 2 aliphatic heterocycles. The van der Waals surface area contributed by atoms with Gasteiger partial charge in [-0.05, 0) is 298 Å². The molecule has 16 nitrogen and oxygen atoms in total. The second-order valence-corrected chi connectivity index (χ2v) is 42.9. The topological polar surface area (TPSA) is 172 Å². The first-order valence-electron chi connectivity index (χ1n) is 55.0. The molecule has 1 N–H and O–H groups in total. The first-order valence-corrected chi connectivity index (χ1v) is 55.0. The molecule has 8 fully saturated rings. The Morgan fingerprint density at radius 1 is 0.208 bits per heavy atom. The van der Waals surface area contributed by atoms with Crippen LogP contribution in [0.3, 0.4) is 0 Å². The molecule has 8 bridgehead atoms. The number of nitrogens with zero attached hydrogens (tertiary/aromatic N) is 7. The van der Waals surface area contributed by atoms with E-state index < -0.39 is 0 Å². The van der Waals surface area contributed by atoms with E-state index in [0.29, 0.717) is 161 Å². The smallest absolute Gasteiger partial charge is 0.217 e. The van der Waals surface area contributed by atoms with Gasteiger partial charge in [-0.25, -0.2) is 29.9 Å². The minimum absolute atomic E-state index is 0.202. The summed E-state index contributed by atoms with van der Waals surface area (Å²) in [7, 11) is 0. The third kappa shape index (κ3) is 19.3. The molecule has 12 aromatic carbocycles. The quantitative estimate of drug-likeness (QED) is 0.0606. The Morgan fingerprint density at radius 2 is 0.451 bits per heavy atom. The maximum atomic E-state index is 8.02. The van der Waals surface area contributed by atoms with Crippen LogP contribution < -0.4 is 38.0 Å². The van der Waals surface area contributed by atoms with Crippen LogP contribution in [0, 0.1) is 0 Å². The lowest BCUT2D eigenvalue weighted by atomic mass is 9.84. The third-order valence-corrected chi connectivity index (χ3v) is 33.6. The highest BCUT2D eigenvalue weighted by atomic mass is 16.7. The zero-order valence-corrected chi connectivity index (χ0v) is 83.0. The molecule has 8 saturated carbocycles. The van der Waals surface area contributed by atoms with E-state index in [2.05, 4.69) is 223 Å². The molecule has 25 rings (SSSR count). The minimum atomic E-state index is 0.202. The molecule has 0 atom stereocenters. The summed E-state index contributed by atoms with van der Waals surface area (Å²) in [5.41, 5.74) is 14.3. The Kier molecular flexibility index (Phi) is 26.5. The van der Waals surface area contributed by atoms with Gasteiger partial charge >= 0.3 is 0 Å². The molecule has 15 aromatic rings. The van der Waals surface area contributed by atoms with Gasteiger partial charge in [0.2, 0.25) is 17.2 Å². The van der Waals surface area contributed by atoms with Crippen LogP contribution in [0.5, 0.6) is 86.2 Å². The van der Waals surface area contributed by atoms with Crippen LogP contribution in [0.15, 0.2) is 249 Å². The third-order valence-electron chi connectivity index (χ3n) is 33.6. The fraction of sp³-hybridized carbons (Fsp3) is 0.375. The fourth-order valence-corrected chi connectivity index (χ4v) is 25.6. The van der Waals surface area contributed by atoms with Crippen molar-refractivity contribution in [3.05, 3.63) is 293 Å². The van der Waals surface area contributed by atoms with E-state index in [9.17, 15) is 0 Å². The number of benzene rings is 12. The summed E-state index contributed by atoms with van der Waals surface area (Å²) in [6.45, 7) is 0. The molecule has 0 spiro atoms. The van der Waals surface area contributed by atoms with Crippen LogP contribution in [0.1, 0.15) is 349 Å². The van der Waals surface area contributed by atoms with Crippen molar-refractivity contribution in [3.63, 3.8) is 0 Å². The summed E-state index contributed by atoms with van der Waals surface area (Å²) in [4.78, 5) is 47.3. The van der Waals surface area contributed by atoms with Gasteiger partial charge in [-0.3, -0.25) is 0 Å². The molecule has 0 amide bonds. The minimum Gasteiger partial charge on any atom is -0.453 e. The lowest BCUT2D eigenvalue weighted by Gasteiger charge is -2.24. The summed E-state index contributed by atoms with van der Waals surface area (Å²) in [6, 6.07) is 88.3. The normalized spacial score (nSPS) is 17.8. The van der Waals surface area contributed by atoms with Crippen LogP contribution >= 0.6 is 0 Å². The van der Waals surface area contributed by atoms with Crippen LogP contribution in [0.2, 0.25) is 0 Å². The standard InChI is InChI=1S/C128H130N8O8/c1-9-29-82(30-10-1)90-49-65-98(66-50-90)137-111-81-110-112(116(139-100-69-53-92(54-70-100)84-33-13-3-14-34-84)115(111)138-99-67-51-91(52-68-99)83-31-11-2-12-32-83)124-131-123(110)135-128-109-48-28-27-47-108(109)127(136(128)144-105-79-63-97(64-80-105)89-43-23-8-24-44-89)134-122-107-46-26-25-45-106(107)121(129-122)130-125-113-114(126(132-124)133-125)118(141-102-73-57-94(58-74-102)86-37-17-5-18-38-86)120(143-104-77-61-96(62-78-104)88-41-21-7-22-42-88)119(142-103-75-59-95(60-76-103)87-39-19-6-20-40-87)117(113)140-101-71-55-93(56-72-101)85-35-15-4-16-36-85/h25-28,45-89H,1-24,29-44H2,(H,129,130,131,132,133,134,135). The molecule has 730 valence electrons. The summed E-state index contributed by atoms with van der Waals surface area (Å²) < 4.78 is 56.9. The van der Waals surface area contributed by atoms with Gasteiger partial charge in [-0.1, -0.05) is 300 Å². The van der Waals surface area contributed by atoms with Crippen molar-refractivity contribution >= 4 is 44.1 Å². The van der Waals surface area contributed by atoms with Crippen molar-refractivity contribution in [1.82, 2.24) is 39.6 Å². The van der Waals surface area contributed by atoms with Crippen LogP contribution in [-0.4, -0.2) is 39.6 Å². The molecule has 0 unspecified atom stereocenters. The van der Waals surface area contributed by atoms with Gasteiger partial charge in [0.25, 0.3) is 0 Å². The SMILES string of the molecule is c1ccc2c(c1)-c1nc-2nc2c3ccccc3c(nc3nc(nc4[nH]c(n1)c1c(Oc5ccc(C6CCCCC6)cc5)c(Oc5ccc(C6CCCCC6)cc5)c(Oc5ccc(C6CCCCC6)cc5)c(Oc5ccc(C6CCCCC6)cc5)c41)-c1c-3cc(Oc3ccc(C4CCCCC4)cc3)c(Oc3ccc(C4CCCCC4)cc3)c1Oc1ccc(C3CCCCC3)cc1)n2Oc1ccc(C2CCCCC2)cc1. The Balaban J connectivity index is 0.810. The van der Waals surface area contributed by atoms with E-state index in [1.165, 1.54) is 199 Å². The van der Waals surface area contributed by atoms with Crippen molar-refractivity contribution in [2.75, 3.05) is 0 Å². The number of ether oxygens (including phenoxy) is 7. The molecule has 10 aliphatic rings. The second kappa shape index (κ2) is 41.6. The van der Waals surface area contributed by atoms with Gasteiger partial charge in [0.15, 0.2) is 63.3 Å². The fourth-order valence-electron chi connectivity index (χ4n) is 25.6. The number of H-pyrrole nitrogens is 1. The Bertz CT molecular complexity index is 7280. The van der Waals surface area contributed by atoms with Gasteiger partial charge in [-0.15, -0.1) is 4.73 Å². The number of aromatic amines is 1. The molecular weight excluding hydrogens is 1780 g/mol. The molecule has 16 heteroatoms. The molecule has 5 heterocycles. The van der Waals surface area contributed by atoms with Crippen molar-refractivity contribution in [2.24, 2.45) is 0 Å². The highest BCUT2D eigenvalue weighted by Crippen LogP contribution is 2.61. The highest BCUT2D eigenvalue weighted by molar-refractivity contribution is 6.15. The van der Waals surface area contributed by atoms with Gasteiger partial charge in [0.05, 0.1) is 16.3 Å².